The number of thiophene rings is 1. The lowest BCUT2D eigenvalue weighted by atomic mass is 10.0. The number of para-hydroxylation sites is 1. The molecular weight excluding hydrogens is 400 g/mol. The second kappa shape index (κ2) is 7.75. The highest BCUT2D eigenvalue weighted by Crippen LogP contribution is 2.36. The standard InChI is InChI=1S/C21H20N6O2S/c28-27(29)19-20(22-9-7-14-4-3-11-30-14)23-13-24-21(19)26-10-8-16-15-5-1-2-6-17(15)25-18(16)12-26/h1-6,11,13,25H,7-10,12H2,(H,22,23,24). The van der Waals surface area contributed by atoms with Gasteiger partial charge in [0.25, 0.3) is 0 Å². The number of nitro groups is 1. The van der Waals surface area contributed by atoms with E-state index in [1.165, 1.54) is 22.2 Å². The average molecular weight is 420 g/mol. The van der Waals surface area contributed by atoms with E-state index in [4.69, 9.17) is 0 Å². The van der Waals surface area contributed by atoms with Crippen LogP contribution in [0.1, 0.15) is 16.1 Å². The number of hydrogen-bond acceptors (Lipinski definition) is 7. The molecule has 8 nitrogen and oxygen atoms in total. The number of nitrogens with one attached hydrogen (secondary N) is 2. The lowest BCUT2D eigenvalue weighted by Gasteiger charge is -2.27. The zero-order valence-electron chi connectivity index (χ0n) is 16.2. The number of rotatable bonds is 6. The molecule has 152 valence electrons. The highest BCUT2D eigenvalue weighted by Gasteiger charge is 2.30. The van der Waals surface area contributed by atoms with Gasteiger partial charge in [-0.25, -0.2) is 9.97 Å². The topological polar surface area (TPSA) is 100.0 Å². The number of aromatic nitrogens is 3. The Labute approximate surface area is 176 Å². The molecule has 2 N–H and O–H groups in total. The van der Waals surface area contributed by atoms with Crippen LogP contribution in [0.5, 0.6) is 0 Å². The normalized spacial score (nSPS) is 13.4. The first-order valence-corrected chi connectivity index (χ1v) is 10.7. The molecule has 0 fully saturated rings. The molecule has 0 saturated heterocycles. The fourth-order valence-electron chi connectivity index (χ4n) is 4.03. The van der Waals surface area contributed by atoms with E-state index in [0.29, 0.717) is 25.5 Å². The highest BCUT2D eigenvalue weighted by atomic mass is 32.1. The van der Waals surface area contributed by atoms with Gasteiger partial charge in [-0.1, -0.05) is 24.3 Å². The van der Waals surface area contributed by atoms with Crippen molar-refractivity contribution in [1.29, 1.82) is 0 Å². The molecule has 30 heavy (non-hydrogen) atoms. The van der Waals surface area contributed by atoms with E-state index in [1.54, 1.807) is 11.3 Å². The van der Waals surface area contributed by atoms with Gasteiger partial charge in [-0.15, -0.1) is 11.3 Å². The van der Waals surface area contributed by atoms with Crippen molar-refractivity contribution in [3.8, 4) is 0 Å². The molecule has 0 saturated carbocycles. The summed E-state index contributed by atoms with van der Waals surface area (Å²) < 4.78 is 0. The van der Waals surface area contributed by atoms with Crippen molar-refractivity contribution in [2.24, 2.45) is 0 Å². The van der Waals surface area contributed by atoms with Crippen molar-refractivity contribution < 1.29 is 4.92 Å². The Kier molecular flexibility index (Phi) is 4.80. The molecule has 1 aliphatic heterocycles. The number of H-pyrrole nitrogens is 1. The summed E-state index contributed by atoms with van der Waals surface area (Å²) in [7, 11) is 0. The molecule has 0 atom stereocenters. The maximum Gasteiger partial charge on any atom is 0.353 e. The van der Waals surface area contributed by atoms with E-state index < -0.39 is 0 Å². The predicted molar refractivity (Wildman–Crippen MR) is 118 cm³/mol. The number of aromatic amines is 1. The van der Waals surface area contributed by atoms with E-state index in [1.807, 2.05) is 28.5 Å². The third-order valence-electron chi connectivity index (χ3n) is 5.41. The lowest BCUT2D eigenvalue weighted by Crippen LogP contribution is -2.31. The van der Waals surface area contributed by atoms with Crippen molar-refractivity contribution in [3.63, 3.8) is 0 Å². The van der Waals surface area contributed by atoms with Crippen LogP contribution in [0.15, 0.2) is 48.1 Å². The Bertz CT molecular complexity index is 1200. The number of fused-ring (bicyclic) bond motifs is 3. The second-order valence-corrected chi connectivity index (χ2v) is 8.24. The molecule has 0 amide bonds. The summed E-state index contributed by atoms with van der Waals surface area (Å²) in [6.45, 7) is 1.79. The molecule has 0 aliphatic carbocycles. The van der Waals surface area contributed by atoms with Crippen LogP contribution in [0.4, 0.5) is 17.3 Å². The Balaban J connectivity index is 1.41. The van der Waals surface area contributed by atoms with Crippen molar-refractivity contribution in [1.82, 2.24) is 15.0 Å². The molecule has 0 radical (unpaired) electrons. The molecule has 0 unspecified atom stereocenters. The van der Waals surface area contributed by atoms with Gasteiger partial charge >= 0.3 is 5.69 Å². The minimum atomic E-state index is -0.385. The monoisotopic (exact) mass is 420 g/mol. The molecule has 1 aromatic carbocycles. The second-order valence-electron chi connectivity index (χ2n) is 7.21. The summed E-state index contributed by atoms with van der Waals surface area (Å²) in [5, 5.41) is 18.3. The summed E-state index contributed by atoms with van der Waals surface area (Å²) >= 11 is 1.67. The molecule has 9 heteroatoms. The molecule has 4 heterocycles. The highest BCUT2D eigenvalue weighted by molar-refractivity contribution is 7.09. The Morgan fingerprint density at radius 1 is 1.23 bits per heavy atom. The van der Waals surface area contributed by atoms with E-state index in [2.05, 4.69) is 38.5 Å². The predicted octanol–water partition coefficient (Wildman–Crippen LogP) is 4.14. The van der Waals surface area contributed by atoms with E-state index in [9.17, 15) is 10.1 Å². The van der Waals surface area contributed by atoms with Crippen LogP contribution in [-0.4, -0.2) is 33.0 Å². The first-order chi connectivity index (χ1) is 14.7. The first-order valence-electron chi connectivity index (χ1n) is 9.80. The number of hydrogen-bond donors (Lipinski definition) is 2. The summed E-state index contributed by atoms with van der Waals surface area (Å²) in [6.07, 6.45) is 2.99. The Morgan fingerprint density at radius 2 is 2.13 bits per heavy atom. The van der Waals surface area contributed by atoms with Crippen LogP contribution in [-0.2, 0) is 19.4 Å². The fourth-order valence-corrected chi connectivity index (χ4v) is 4.74. The maximum atomic E-state index is 11.9. The fraction of sp³-hybridized carbons (Fsp3) is 0.238. The lowest BCUT2D eigenvalue weighted by molar-refractivity contribution is -0.383. The van der Waals surface area contributed by atoms with Gasteiger partial charge < -0.3 is 15.2 Å². The smallest absolute Gasteiger partial charge is 0.353 e. The minimum Gasteiger partial charge on any atom is -0.364 e. The number of benzene rings is 1. The zero-order chi connectivity index (χ0) is 20.5. The van der Waals surface area contributed by atoms with Crippen LogP contribution in [0.3, 0.4) is 0 Å². The van der Waals surface area contributed by atoms with E-state index in [-0.39, 0.29) is 16.4 Å². The van der Waals surface area contributed by atoms with Gasteiger partial charge in [0.2, 0.25) is 11.6 Å². The largest absolute Gasteiger partial charge is 0.364 e. The van der Waals surface area contributed by atoms with Crippen molar-refractivity contribution >= 4 is 39.6 Å². The van der Waals surface area contributed by atoms with Gasteiger partial charge in [-0.2, -0.15) is 0 Å². The van der Waals surface area contributed by atoms with Crippen LogP contribution >= 0.6 is 11.3 Å². The Hall–Kier alpha value is -3.46. The molecule has 0 bridgehead atoms. The molecule has 5 rings (SSSR count). The third-order valence-corrected chi connectivity index (χ3v) is 6.35. The van der Waals surface area contributed by atoms with E-state index >= 15 is 0 Å². The van der Waals surface area contributed by atoms with Crippen LogP contribution < -0.4 is 10.2 Å². The maximum absolute atomic E-state index is 11.9. The molecule has 3 aromatic heterocycles. The first kappa shape index (κ1) is 18.6. The van der Waals surface area contributed by atoms with Crippen molar-refractivity contribution in [2.75, 3.05) is 23.3 Å². The van der Waals surface area contributed by atoms with Crippen molar-refractivity contribution in [3.05, 3.63) is 74.4 Å². The van der Waals surface area contributed by atoms with Crippen LogP contribution in [0.2, 0.25) is 0 Å². The molecule has 4 aromatic rings. The summed E-state index contributed by atoms with van der Waals surface area (Å²) in [6, 6.07) is 12.3. The average Bonchev–Trinajstić information content (AvgIpc) is 3.40. The van der Waals surface area contributed by atoms with E-state index in [0.717, 1.165) is 24.1 Å². The number of anilines is 2. The third kappa shape index (κ3) is 3.37. The summed E-state index contributed by atoms with van der Waals surface area (Å²) in [4.78, 5) is 26.6. The quantitative estimate of drug-likeness (QED) is 0.359. The molecule has 1 aliphatic rings. The molecular formula is C21H20N6O2S. The zero-order valence-corrected chi connectivity index (χ0v) is 17.0. The SMILES string of the molecule is O=[N+]([O-])c1c(NCCc2cccs2)ncnc1N1CCc2c([nH]c3ccccc23)C1. The van der Waals surface area contributed by atoms with Gasteiger partial charge in [-0.3, -0.25) is 10.1 Å². The van der Waals surface area contributed by atoms with Gasteiger partial charge in [0, 0.05) is 34.6 Å². The van der Waals surface area contributed by atoms with Crippen LogP contribution in [0.25, 0.3) is 10.9 Å². The van der Waals surface area contributed by atoms with Gasteiger partial charge in [-0.05, 0) is 35.9 Å². The van der Waals surface area contributed by atoms with Crippen LogP contribution in [0, 0.1) is 10.1 Å². The Morgan fingerprint density at radius 3 is 2.97 bits per heavy atom. The van der Waals surface area contributed by atoms with Gasteiger partial charge in [0.05, 0.1) is 11.5 Å². The van der Waals surface area contributed by atoms with Gasteiger partial charge in [0.15, 0.2) is 0 Å². The van der Waals surface area contributed by atoms with Crippen molar-refractivity contribution in [2.45, 2.75) is 19.4 Å². The minimum absolute atomic E-state index is 0.0664. The summed E-state index contributed by atoms with van der Waals surface area (Å²) in [5.74, 6) is 0.627. The number of nitrogens with zero attached hydrogens (tertiary/aromatic N) is 4. The summed E-state index contributed by atoms with van der Waals surface area (Å²) in [5.41, 5.74) is 3.40. The molecule has 0 spiro atoms. The van der Waals surface area contributed by atoms with Gasteiger partial charge in [0.1, 0.15) is 6.33 Å².